The van der Waals surface area contributed by atoms with Crippen LogP contribution in [0.15, 0.2) is 48.5 Å². The average molecular weight is 477 g/mol. The van der Waals surface area contributed by atoms with Gasteiger partial charge in [-0.2, -0.15) is 0 Å². The van der Waals surface area contributed by atoms with Crippen LogP contribution in [0.4, 0.5) is 0 Å². The topological polar surface area (TPSA) is 84.0 Å². The van der Waals surface area contributed by atoms with Crippen LogP contribution in [0.3, 0.4) is 0 Å². The van der Waals surface area contributed by atoms with Crippen LogP contribution in [0.25, 0.3) is 10.9 Å². The molecule has 7 heteroatoms. The normalized spacial score (nSPS) is 20.3. The van der Waals surface area contributed by atoms with Crippen molar-refractivity contribution in [1.29, 1.82) is 0 Å². The van der Waals surface area contributed by atoms with E-state index >= 15 is 0 Å². The van der Waals surface area contributed by atoms with E-state index in [1.54, 1.807) is 0 Å². The van der Waals surface area contributed by atoms with Crippen LogP contribution in [0.5, 0.6) is 11.5 Å². The van der Waals surface area contributed by atoms with Gasteiger partial charge in [-0.15, -0.1) is 0 Å². The van der Waals surface area contributed by atoms with Gasteiger partial charge in [0, 0.05) is 44.2 Å². The van der Waals surface area contributed by atoms with Crippen molar-refractivity contribution in [3.63, 3.8) is 0 Å². The molecule has 2 saturated heterocycles. The molecule has 186 valence electrons. The lowest BCUT2D eigenvalue weighted by atomic mass is 10.0. The molecule has 0 saturated carbocycles. The maximum absolute atomic E-state index is 12.4. The number of nitrogens with zero attached hydrogens (tertiary/aromatic N) is 3. The smallest absolute Gasteiger partial charge is 0.265 e. The number of aliphatic hydroxyl groups excluding tert-OH is 1. The predicted octanol–water partition coefficient (Wildman–Crippen LogP) is 3.93. The lowest BCUT2D eigenvalue weighted by Crippen LogP contribution is -2.44. The summed E-state index contributed by atoms with van der Waals surface area (Å²) >= 11 is 0. The summed E-state index contributed by atoms with van der Waals surface area (Å²) in [5, 5.41) is 10.8. The summed E-state index contributed by atoms with van der Waals surface area (Å²) in [6.07, 6.45) is 3.76. The zero-order valence-electron chi connectivity index (χ0n) is 20.5. The highest BCUT2D eigenvalue weighted by molar-refractivity contribution is 6.00. The quantitative estimate of drug-likeness (QED) is 0.540. The fourth-order valence-electron chi connectivity index (χ4n) is 5.55. The van der Waals surface area contributed by atoms with Crippen LogP contribution in [0.1, 0.15) is 47.8 Å². The number of hydrogen-bond acceptors (Lipinski definition) is 5. The second kappa shape index (κ2) is 10.4. The van der Waals surface area contributed by atoms with Gasteiger partial charge in [0.05, 0.1) is 11.6 Å². The first-order valence-corrected chi connectivity index (χ1v) is 12.8. The van der Waals surface area contributed by atoms with Gasteiger partial charge in [-0.1, -0.05) is 23.8 Å². The number of carbonyl (C=O) groups excluding carboxylic acids is 1. The molecule has 0 bridgehead atoms. The predicted molar refractivity (Wildman–Crippen MR) is 138 cm³/mol. The maximum atomic E-state index is 12.4. The van der Waals surface area contributed by atoms with E-state index < -0.39 is 5.91 Å². The molecule has 7 nitrogen and oxygen atoms in total. The number of primary amides is 1. The fourth-order valence-corrected chi connectivity index (χ4v) is 5.55. The van der Waals surface area contributed by atoms with Crippen LogP contribution in [-0.4, -0.2) is 70.8 Å². The molecule has 3 N–H and O–H groups in total. The number of rotatable bonds is 7. The lowest BCUT2D eigenvalue weighted by molar-refractivity contribution is 0.0614. The number of piperidine rings is 2. The molecular formula is C28H36N4O3. The minimum absolute atomic E-state index is 0.177. The Balaban J connectivity index is 1.31. The Morgan fingerprint density at radius 3 is 2.49 bits per heavy atom. The third-order valence-corrected chi connectivity index (χ3v) is 7.48. The Kier molecular flexibility index (Phi) is 7.09. The first-order chi connectivity index (χ1) is 17.0. The number of aromatic nitrogens is 1. The molecule has 1 amide bonds. The van der Waals surface area contributed by atoms with Crippen molar-refractivity contribution in [2.75, 3.05) is 39.3 Å². The first-order valence-electron chi connectivity index (χ1n) is 12.8. The summed E-state index contributed by atoms with van der Waals surface area (Å²) in [6.45, 7) is 7.91. The molecule has 0 aliphatic carbocycles. The molecule has 3 heterocycles. The van der Waals surface area contributed by atoms with Gasteiger partial charge >= 0.3 is 0 Å². The Bertz CT molecular complexity index is 1160. The first kappa shape index (κ1) is 23.9. The Labute approximate surface area is 207 Å². The number of amides is 1. The minimum atomic E-state index is -0.409. The van der Waals surface area contributed by atoms with Gasteiger partial charge in [0.1, 0.15) is 17.2 Å². The van der Waals surface area contributed by atoms with Crippen molar-refractivity contribution in [3.8, 4) is 11.5 Å². The molecule has 2 aromatic carbocycles. The minimum Gasteiger partial charge on any atom is -0.457 e. The SMILES string of the molecule is Cc1ccc(Oc2cccc3c2cc(C(N)=O)n3C2CCN(CCN3CCCC(O)C3)CC2)cc1. The number of carbonyl (C=O) groups is 1. The largest absolute Gasteiger partial charge is 0.457 e. The van der Waals surface area contributed by atoms with Crippen molar-refractivity contribution in [2.24, 2.45) is 5.73 Å². The highest BCUT2D eigenvalue weighted by Crippen LogP contribution is 2.36. The van der Waals surface area contributed by atoms with Gasteiger partial charge in [-0.05, 0) is 69.5 Å². The molecule has 1 unspecified atom stereocenters. The number of aryl methyl sites for hydroxylation is 1. The van der Waals surface area contributed by atoms with Crippen molar-refractivity contribution in [3.05, 3.63) is 59.8 Å². The second-order valence-corrected chi connectivity index (χ2v) is 10.0. The second-order valence-electron chi connectivity index (χ2n) is 10.0. The zero-order valence-corrected chi connectivity index (χ0v) is 20.5. The van der Waals surface area contributed by atoms with Crippen LogP contribution in [0, 0.1) is 6.92 Å². The van der Waals surface area contributed by atoms with E-state index in [1.807, 2.05) is 49.4 Å². The molecule has 0 spiro atoms. The van der Waals surface area contributed by atoms with E-state index in [9.17, 15) is 9.90 Å². The van der Waals surface area contributed by atoms with Gasteiger partial charge in [0.15, 0.2) is 0 Å². The average Bonchev–Trinajstić information content (AvgIpc) is 3.26. The third-order valence-electron chi connectivity index (χ3n) is 7.48. The van der Waals surface area contributed by atoms with Crippen molar-refractivity contribution < 1.29 is 14.6 Å². The highest BCUT2D eigenvalue weighted by Gasteiger charge is 2.27. The van der Waals surface area contributed by atoms with Gasteiger partial charge < -0.3 is 25.0 Å². The number of nitrogens with two attached hydrogens (primary N) is 1. The molecule has 2 fully saturated rings. The molecule has 35 heavy (non-hydrogen) atoms. The van der Waals surface area contributed by atoms with Gasteiger partial charge in [0.25, 0.3) is 5.91 Å². The molecule has 0 radical (unpaired) electrons. The molecular weight excluding hydrogens is 440 g/mol. The van der Waals surface area contributed by atoms with Crippen molar-refractivity contribution in [1.82, 2.24) is 14.4 Å². The fraction of sp³-hybridized carbons (Fsp3) is 0.464. The number of ether oxygens (including phenoxy) is 1. The van der Waals surface area contributed by atoms with Gasteiger partial charge in [-0.25, -0.2) is 0 Å². The standard InChI is InChI=1S/C28H36N4O3/c1-20-7-9-23(10-8-20)35-27-6-2-5-25-24(27)18-26(28(29)34)32(25)21-11-14-30(15-12-21)16-17-31-13-3-4-22(33)19-31/h2,5-10,18,21-22,33H,3-4,11-17,19H2,1H3,(H2,29,34). The summed E-state index contributed by atoms with van der Waals surface area (Å²) in [6, 6.07) is 16.0. The molecule has 2 aliphatic rings. The van der Waals surface area contributed by atoms with Crippen molar-refractivity contribution in [2.45, 2.75) is 44.8 Å². The van der Waals surface area contributed by atoms with Crippen LogP contribution >= 0.6 is 0 Å². The van der Waals surface area contributed by atoms with Gasteiger partial charge in [-0.3, -0.25) is 9.69 Å². The van der Waals surface area contributed by atoms with E-state index in [0.29, 0.717) is 5.69 Å². The Morgan fingerprint density at radius 1 is 1.03 bits per heavy atom. The summed E-state index contributed by atoms with van der Waals surface area (Å²) in [5.41, 5.74) is 8.55. The van der Waals surface area contributed by atoms with E-state index in [4.69, 9.17) is 10.5 Å². The summed E-state index contributed by atoms with van der Waals surface area (Å²) in [7, 11) is 0. The molecule has 2 aliphatic heterocycles. The van der Waals surface area contributed by atoms with Crippen LogP contribution in [0.2, 0.25) is 0 Å². The number of hydrogen-bond donors (Lipinski definition) is 2. The number of likely N-dealkylation sites (tertiary alicyclic amines) is 2. The molecule has 1 atom stereocenters. The summed E-state index contributed by atoms with van der Waals surface area (Å²) in [5.74, 6) is 1.09. The Hall–Kier alpha value is -2.87. The number of benzene rings is 2. The van der Waals surface area contributed by atoms with Gasteiger partial charge in [0.2, 0.25) is 0 Å². The van der Waals surface area contributed by atoms with E-state index in [0.717, 1.165) is 87.4 Å². The zero-order chi connectivity index (χ0) is 24.4. The number of β-amino-alcohol motifs (C(OH)–C–C–N with tert-alkyl or cyclic N) is 1. The Morgan fingerprint density at radius 2 is 1.77 bits per heavy atom. The maximum Gasteiger partial charge on any atom is 0.265 e. The molecule has 5 rings (SSSR count). The lowest BCUT2D eigenvalue weighted by Gasteiger charge is -2.36. The number of aliphatic hydroxyl groups is 1. The monoisotopic (exact) mass is 476 g/mol. The third kappa shape index (κ3) is 5.37. The summed E-state index contributed by atoms with van der Waals surface area (Å²) in [4.78, 5) is 17.3. The van der Waals surface area contributed by atoms with E-state index in [1.165, 1.54) is 5.56 Å². The van der Waals surface area contributed by atoms with Crippen molar-refractivity contribution >= 4 is 16.8 Å². The summed E-state index contributed by atoms with van der Waals surface area (Å²) < 4.78 is 8.34. The van der Waals surface area contributed by atoms with Crippen LogP contribution in [-0.2, 0) is 0 Å². The van der Waals surface area contributed by atoms with E-state index in [-0.39, 0.29) is 12.1 Å². The van der Waals surface area contributed by atoms with Crippen LogP contribution < -0.4 is 10.5 Å². The highest BCUT2D eigenvalue weighted by atomic mass is 16.5. The molecule has 1 aromatic heterocycles. The number of fused-ring (bicyclic) bond motifs is 1. The van der Waals surface area contributed by atoms with E-state index in [2.05, 4.69) is 20.4 Å². The molecule has 3 aromatic rings.